The molecule has 1 atom stereocenters. The molecule has 3 rings (SSSR count). The summed E-state index contributed by atoms with van der Waals surface area (Å²) in [5, 5.41) is 4.08. The van der Waals surface area contributed by atoms with Crippen LogP contribution >= 0.6 is 11.6 Å². The van der Waals surface area contributed by atoms with Gasteiger partial charge in [0.15, 0.2) is 6.29 Å². The molecule has 0 spiro atoms. The largest absolute Gasteiger partial charge is 0.388 e. The first-order valence-electron chi connectivity index (χ1n) is 8.56. The molecule has 0 radical (unpaired) electrons. The number of pyridine rings is 1. The Morgan fingerprint density at radius 1 is 1.29 bits per heavy atom. The van der Waals surface area contributed by atoms with Crippen LogP contribution in [0.1, 0.15) is 34.6 Å². The molecule has 1 N–H and O–H groups in total. The molecular formula is C20H23ClN4O3. The Balaban J connectivity index is 0.000000878. The van der Waals surface area contributed by atoms with Crippen LogP contribution in [0.3, 0.4) is 0 Å². The van der Waals surface area contributed by atoms with Crippen LogP contribution in [0, 0.1) is 6.92 Å². The van der Waals surface area contributed by atoms with Crippen molar-refractivity contribution in [1.29, 1.82) is 0 Å². The predicted molar refractivity (Wildman–Crippen MR) is 111 cm³/mol. The minimum atomic E-state index is -0.191. The monoisotopic (exact) mass is 402 g/mol. The first kappa shape index (κ1) is 21.5. The molecule has 8 heteroatoms. The van der Waals surface area contributed by atoms with Crippen LogP contribution in [-0.2, 0) is 11.8 Å². The van der Waals surface area contributed by atoms with Gasteiger partial charge < -0.3 is 14.6 Å². The van der Waals surface area contributed by atoms with Crippen molar-refractivity contribution in [2.45, 2.75) is 19.9 Å². The fraction of sp³-hybridized carbons (Fsp3) is 0.300. The lowest BCUT2D eigenvalue weighted by atomic mass is 10.0. The standard InChI is InChI=1S/C18H17ClN4O2.C2H6O/c1-10-6-12(17-13(7-10)18(25)23(3)9-20-17)11(2)21-14-4-5-16(19)22-15(14)8-24;1-3-2/h4-9,11,21H,1-3H3;1-2H3. The number of carbonyl (C=O) groups excluding carboxylic acids is 1. The molecule has 0 saturated heterocycles. The summed E-state index contributed by atoms with van der Waals surface area (Å²) < 4.78 is 5.71. The average molecular weight is 403 g/mol. The molecule has 28 heavy (non-hydrogen) atoms. The highest BCUT2D eigenvalue weighted by Gasteiger charge is 2.15. The van der Waals surface area contributed by atoms with Crippen molar-refractivity contribution in [3.63, 3.8) is 0 Å². The zero-order valence-electron chi connectivity index (χ0n) is 16.5. The minimum Gasteiger partial charge on any atom is -0.388 e. The fourth-order valence-corrected chi connectivity index (χ4v) is 2.96. The normalized spacial score (nSPS) is 11.5. The fourth-order valence-electron chi connectivity index (χ4n) is 2.80. The molecule has 0 aliphatic rings. The predicted octanol–water partition coefficient (Wildman–Crippen LogP) is 3.54. The number of aromatic nitrogens is 3. The van der Waals surface area contributed by atoms with E-state index < -0.39 is 0 Å². The highest BCUT2D eigenvalue weighted by Crippen LogP contribution is 2.27. The number of halogens is 1. The lowest BCUT2D eigenvalue weighted by Crippen LogP contribution is -2.19. The van der Waals surface area contributed by atoms with Gasteiger partial charge in [0.05, 0.1) is 29.0 Å². The summed E-state index contributed by atoms with van der Waals surface area (Å²) in [6.07, 6.45) is 2.17. The van der Waals surface area contributed by atoms with E-state index in [0.29, 0.717) is 22.9 Å². The van der Waals surface area contributed by atoms with Gasteiger partial charge in [0, 0.05) is 26.8 Å². The number of aryl methyl sites for hydroxylation is 2. The number of nitrogens with zero attached hydrogens (tertiary/aromatic N) is 3. The molecule has 1 aromatic carbocycles. The van der Waals surface area contributed by atoms with E-state index in [1.54, 1.807) is 33.4 Å². The second-order valence-electron chi connectivity index (χ2n) is 6.37. The van der Waals surface area contributed by atoms with Gasteiger partial charge in [-0.2, -0.15) is 0 Å². The highest BCUT2D eigenvalue weighted by atomic mass is 35.5. The first-order valence-corrected chi connectivity index (χ1v) is 8.94. The van der Waals surface area contributed by atoms with Crippen LogP contribution in [0.25, 0.3) is 10.9 Å². The van der Waals surface area contributed by atoms with E-state index in [-0.39, 0.29) is 22.4 Å². The number of hydrogen-bond donors (Lipinski definition) is 1. The number of carbonyl (C=O) groups is 1. The smallest absolute Gasteiger partial charge is 0.260 e. The number of methoxy groups -OCH3 is 1. The Kier molecular flexibility index (Phi) is 7.25. The van der Waals surface area contributed by atoms with E-state index in [1.807, 2.05) is 26.0 Å². The lowest BCUT2D eigenvalue weighted by molar-refractivity contribution is 0.112. The van der Waals surface area contributed by atoms with Gasteiger partial charge in [-0.25, -0.2) is 9.97 Å². The third-order valence-corrected chi connectivity index (χ3v) is 4.25. The van der Waals surface area contributed by atoms with Crippen molar-refractivity contribution >= 4 is 34.5 Å². The second kappa shape index (κ2) is 9.43. The molecule has 2 heterocycles. The third kappa shape index (κ3) is 4.74. The highest BCUT2D eigenvalue weighted by molar-refractivity contribution is 6.29. The Morgan fingerprint density at radius 2 is 1.96 bits per heavy atom. The molecule has 2 aromatic heterocycles. The number of hydrogen-bond acceptors (Lipinski definition) is 6. The van der Waals surface area contributed by atoms with Crippen LogP contribution in [-0.4, -0.2) is 35.0 Å². The van der Waals surface area contributed by atoms with E-state index in [2.05, 4.69) is 20.0 Å². The molecule has 0 aliphatic heterocycles. The van der Waals surface area contributed by atoms with Crippen molar-refractivity contribution < 1.29 is 9.53 Å². The second-order valence-corrected chi connectivity index (χ2v) is 6.76. The molecule has 0 aliphatic carbocycles. The Bertz CT molecular complexity index is 1050. The van der Waals surface area contributed by atoms with Crippen LogP contribution in [0.4, 0.5) is 5.69 Å². The number of rotatable bonds is 4. The van der Waals surface area contributed by atoms with Crippen LogP contribution in [0.2, 0.25) is 5.15 Å². The molecule has 148 valence electrons. The number of anilines is 1. The first-order chi connectivity index (χ1) is 13.3. The molecule has 0 fully saturated rings. The van der Waals surface area contributed by atoms with E-state index in [4.69, 9.17) is 11.6 Å². The van der Waals surface area contributed by atoms with Crippen LogP contribution < -0.4 is 10.9 Å². The van der Waals surface area contributed by atoms with Gasteiger partial charge in [-0.3, -0.25) is 9.59 Å². The van der Waals surface area contributed by atoms with Gasteiger partial charge in [0.25, 0.3) is 5.56 Å². The number of benzene rings is 1. The number of aldehydes is 1. The molecule has 0 bridgehead atoms. The van der Waals surface area contributed by atoms with Crippen molar-refractivity contribution in [3.05, 3.63) is 62.9 Å². The summed E-state index contributed by atoms with van der Waals surface area (Å²) in [4.78, 5) is 32.0. The van der Waals surface area contributed by atoms with Gasteiger partial charge in [-0.15, -0.1) is 0 Å². The van der Waals surface area contributed by atoms with Gasteiger partial charge >= 0.3 is 0 Å². The van der Waals surface area contributed by atoms with Gasteiger partial charge in [-0.05, 0) is 37.6 Å². The summed E-state index contributed by atoms with van der Waals surface area (Å²) in [7, 11) is 4.92. The lowest BCUT2D eigenvalue weighted by Gasteiger charge is -2.19. The van der Waals surface area contributed by atoms with E-state index in [0.717, 1.165) is 11.1 Å². The summed E-state index contributed by atoms with van der Waals surface area (Å²) >= 11 is 5.84. The maximum absolute atomic E-state index is 12.4. The number of ether oxygens (including phenoxy) is 1. The van der Waals surface area contributed by atoms with E-state index >= 15 is 0 Å². The van der Waals surface area contributed by atoms with Crippen molar-refractivity contribution in [2.75, 3.05) is 19.5 Å². The van der Waals surface area contributed by atoms with Crippen molar-refractivity contribution in [1.82, 2.24) is 14.5 Å². The van der Waals surface area contributed by atoms with Crippen molar-refractivity contribution in [3.8, 4) is 0 Å². The van der Waals surface area contributed by atoms with Gasteiger partial charge in [0.2, 0.25) is 0 Å². The average Bonchev–Trinajstić information content (AvgIpc) is 2.66. The summed E-state index contributed by atoms with van der Waals surface area (Å²) in [6.45, 7) is 3.87. The zero-order chi connectivity index (χ0) is 20.8. The Morgan fingerprint density at radius 3 is 2.61 bits per heavy atom. The summed E-state index contributed by atoms with van der Waals surface area (Å²) in [6, 6.07) is 6.95. The molecule has 0 amide bonds. The molecule has 1 unspecified atom stereocenters. The SMILES string of the molecule is COC.Cc1cc(C(C)Nc2ccc(Cl)nc2C=O)c2ncn(C)c(=O)c2c1. The van der Waals surface area contributed by atoms with Gasteiger partial charge in [0.1, 0.15) is 10.8 Å². The van der Waals surface area contributed by atoms with Crippen LogP contribution in [0.5, 0.6) is 0 Å². The molecule has 7 nitrogen and oxygen atoms in total. The van der Waals surface area contributed by atoms with Crippen molar-refractivity contribution in [2.24, 2.45) is 7.05 Å². The summed E-state index contributed by atoms with van der Waals surface area (Å²) in [5.74, 6) is 0. The molecule has 0 saturated carbocycles. The maximum Gasteiger partial charge on any atom is 0.260 e. The number of nitrogens with one attached hydrogen (secondary N) is 1. The van der Waals surface area contributed by atoms with E-state index in [1.165, 1.54) is 10.9 Å². The third-order valence-electron chi connectivity index (χ3n) is 4.04. The van der Waals surface area contributed by atoms with E-state index in [9.17, 15) is 9.59 Å². The quantitative estimate of drug-likeness (QED) is 0.530. The maximum atomic E-state index is 12.4. The topological polar surface area (TPSA) is 86.1 Å². The Hall–Kier alpha value is -2.77. The molecular weight excluding hydrogens is 380 g/mol. The zero-order valence-corrected chi connectivity index (χ0v) is 17.2. The summed E-state index contributed by atoms with van der Waals surface area (Å²) in [5.41, 5.74) is 3.20. The minimum absolute atomic E-state index is 0.0936. The Labute approximate surface area is 168 Å². The van der Waals surface area contributed by atoms with Gasteiger partial charge in [-0.1, -0.05) is 17.7 Å². The number of fused-ring (bicyclic) bond motifs is 1. The molecule has 3 aromatic rings. The van der Waals surface area contributed by atoms with Crippen LogP contribution in [0.15, 0.2) is 35.4 Å².